The van der Waals surface area contributed by atoms with Crippen molar-refractivity contribution in [2.45, 2.75) is 18.9 Å². The molecule has 1 saturated heterocycles. The maximum absolute atomic E-state index is 12.2. The molecule has 0 radical (unpaired) electrons. The highest BCUT2D eigenvalue weighted by atomic mass is 127. The van der Waals surface area contributed by atoms with Crippen LogP contribution in [0.1, 0.15) is 23.2 Å². The number of phenolic OH excluding ortho intramolecular Hbond substituents is 1. The first-order valence-corrected chi connectivity index (χ1v) is 6.71. The van der Waals surface area contributed by atoms with E-state index >= 15 is 0 Å². The molecule has 1 atom stereocenters. The standard InChI is InChI=1S/C12H15IN2O2/c13-10-4-3-8(6-11(10)16)12(17)15-5-1-2-9(15)7-14/h3-4,6,9,16H,1-2,5,7,14H2. The van der Waals surface area contributed by atoms with Crippen LogP contribution in [0, 0.1) is 3.57 Å². The van der Waals surface area contributed by atoms with Gasteiger partial charge in [0.1, 0.15) is 5.75 Å². The zero-order valence-corrected chi connectivity index (χ0v) is 11.6. The van der Waals surface area contributed by atoms with Gasteiger partial charge in [-0.05, 0) is 53.6 Å². The summed E-state index contributed by atoms with van der Waals surface area (Å²) in [6.45, 7) is 1.26. The molecule has 0 aliphatic carbocycles. The first-order chi connectivity index (χ1) is 8.13. The SMILES string of the molecule is NCC1CCCN1C(=O)c1ccc(I)c(O)c1. The Morgan fingerprint density at radius 2 is 2.35 bits per heavy atom. The highest BCUT2D eigenvalue weighted by Crippen LogP contribution is 2.24. The van der Waals surface area contributed by atoms with E-state index in [0.717, 1.165) is 23.0 Å². The minimum Gasteiger partial charge on any atom is -0.507 e. The topological polar surface area (TPSA) is 66.6 Å². The molecule has 1 heterocycles. The van der Waals surface area contributed by atoms with Gasteiger partial charge in [0.15, 0.2) is 0 Å². The lowest BCUT2D eigenvalue weighted by atomic mass is 10.1. The third-order valence-electron chi connectivity index (χ3n) is 3.10. The maximum atomic E-state index is 12.2. The van der Waals surface area contributed by atoms with Crippen LogP contribution in [0.25, 0.3) is 0 Å². The van der Waals surface area contributed by atoms with E-state index in [4.69, 9.17) is 5.73 Å². The monoisotopic (exact) mass is 346 g/mol. The molecule has 17 heavy (non-hydrogen) atoms. The van der Waals surface area contributed by atoms with Gasteiger partial charge in [-0.25, -0.2) is 0 Å². The molecule has 1 aromatic rings. The normalized spacial score (nSPS) is 19.6. The fourth-order valence-corrected chi connectivity index (χ4v) is 2.50. The second-order valence-electron chi connectivity index (χ2n) is 4.20. The number of nitrogens with two attached hydrogens (primary N) is 1. The van der Waals surface area contributed by atoms with Crippen molar-refractivity contribution in [3.05, 3.63) is 27.3 Å². The lowest BCUT2D eigenvalue weighted by molar-refractivity contribution is 0.0741. The van der Waals surface area contributed by atoms with Gasteiger partial charge in [0.25, 0.3) is 5.91 Å². The van der Waals surface area contributed by atoms with Crippen molar-refractivity contribution < 1.29 is 9.90 Å². The molecule has 0 bridgehead atoms. The smallest absolute Gasteiger partial charge is 0.254 e. The molecule has 0 spiro atoms. The molecular formula is C12H15IN2O2. The Hall–Kier alpha value is -0.820. The molecule has 1 aliphatic rings. The second-order valence-corrected chi connectivity index (χ2v) is 5.36. The zero-order chi connectivity index (χ0) is 12.4. The highest BCUT2D eigenvalue weighted by molar-refractivity contribution is 14.1. The molecule has 1 amide bonds. The van der Waals surface area contributed by atoms with Gasteiger partial charge in [0.05, 0.1) is 3.57 Å². The summed E-state index contributed by atoms with van der Waals surface area (Å²) in [5.41, 5.74) is 6.18. The average Bonchev–Trinajstić information content (AvgIpc) is 2.80. The van der Waals surface area contributed by atoms with Crippen LogP contribution < -0.4 is 5.73 Å². The van der Waals surface area contributed by atoms with Gasteiger partial charge in [-0.1, -0.05) is 0 Å². The number of aromatic hydroxyl groups is 1. The molecular weight excluding hydrogens is 331 g/mol. The third-order valence-corrected chi connectivity index (χ3v) is 4.02. The van der Waals surface area contributed by atoms with Gasteiger partial charge in [-0.15, -0.1) is 0 Å². The van der Waals surface area contributed by atoms with Gasteiger partial charge < -0.3 is 15.7 Å². The first-order valence-electron chi connectivity index (χ1n) is 5.63. The Bertz CT molecular complexity index is 437. The quantitative estimate of drug-likeness (QED) is 0.799. The van der Waals surface area contributed by atoms with Crippen molar-refractivity contribution in [2.24, 2.45) is 5.73 Å². The van der Waals surface area contributed by atoms with Crippen LogP contribution in [0.3, 0.4) is 0 Å². The average molecular weight is 346 g/mol. The van der Waals surface area contributed by atoms with Crippen LogP contribution >= 0.6 is 22.6 Å². The predicted molar refractivity (Wildman–Crippen MR) is 73.9 cm³/mol. The highest BCUT2D eigenvalue weighted by Gasteiger charge is 2.28. The molecule has 1 unspecified atom stereocenters. The van der Waals surface area contributed by atoms with Crippen molar-refractivity contribution in [1.29, 1.82) is 0 Å². The predicted octanol–water partition coefficient (Wildman–Crippen LogP) is 1.56. The number of likely N-dealkylation sites (tertiary alicyclic amines) is 1. The van der Waals surface area contributed by atoms with Crippen molar-refractivity contribution in [3.8, 4) is 5.75 Å². The number of benzene rings is 1. The van der Waals surface area contributed by atoms with E-state index in [9.17, 15) is 9.90 Å². The molecule has 92 valence electrons. The van der Waals surface area contributed by atoms with Crippen LogP contribution in [0.5, 0.6) is 5.75 Å². The van der Waals surface area contributed by atoms with Gasteiger partial charge in [0, 0.05) is 24.7 Å². The van der Waals surface area contributed by atoms with E-state index in [1.165, 1.54) is 6.07 Å². The van der Waals surface area contributed by atoms with E-state index in [2.05, 4.69) is 0 Å². The largest absolute Gasteiger partial charge is 0.507 e. The van der Waals surface area contributed by atoms with E-state index in [-0.39, 0.29) is 17.7 Å². The number of carbonyl (C=O) groups excluding carboxylic acids is 1. The van der Waals surface area contributed by atoms with E-state index in [1.807, 2.05) is 27.5 Å². The van der Waals surface area contributed by atoms with Crippen LogP contribution in [-0.2, 0) is 0 Å². The van der Waals surface area contributed by atoms with Crippen molar-refractivity contribution in [2.75, 3.05) is 13.1 Å². The van der Waals surface area contributed by atoms with Crippen LogP contribution in [0.4, 0.5) is 0 Å². The number of carbonyl (C=O) groups is 1. The van der Waals surface area contributed by atoms with Gasteiger partial charge in [-0.3, -0.25) is 4.79 Å². The number of nitrogens with zero attached hydrogens (tertiary/aromatic N) is 1. The van der Waals surface area contributed by atoms with Crippen LogP contribution in [0.2, 0.25) is 0 Å². The fourth-order valence-electron chi connectivity index (χ4n) is 2.16. The summed E-state index contributed by atoms with van der Waals surface area (Å²) in [5.74, 6) is 0.115. The van der Waals surface area contributed by atoms with Crippen molar-refractivity contribution in [3.63, 3.8) is 0 Å². The van der Waals surface area contributed by atoms with E-state index in [0.29, 0.717) is 12.1 Å². The number of halogens is 1. The summed E-state index contributed by atoms with van der Waals surface area (Å²) in [6.07, 6.45) is 1.97. The number of phenols is 1. The number of hydrogen-bond donors (Lipinski definition) is 2. The summed E-state index contributed by atoms with van der Waals surface area (Å²) in [7, 11) is 0. The molecule has 1 aromatic carbocycles. The summed E-state index contributed by atoms with van der Waals surface area (Å²) in [6, 6.07) is 5.16. The molecule has 1 fully saturated rings. The van der Waals surface area contributed by atoms with Crippen LogP contribution in [0.15, 0.2) is 18.2 Å². The summed E-state index contributed by atoms with van der Waals surface area (Å²) in [5, 5.41) is 9.61. The number of amides is 1. The molecule has 0 saturated carbocycles. The Labute approximate surface area is 114 Å². The summed E-state index contributed by atoms with van der Waals surface area (Å²) in [4.78, 5) is 14.0. The lowest BCUT2D eigenvalue weighted by Gasteiger charge is -2.23. The fraction of sp³-hybridized carbons (Fsp3) is 0.417. The van der Waals surface area contributed by atoms with Crippen molar-refractivity contribution >= 4 is 28.5 Å². The Morgan fingerprint density at radius 3 is 3.00 bits per heavy atom. The Balaban J connectivity index is 2.21. The summed E-state index contributed by atoms with van der Waals surface area (Å²) >= 11 is 2.03. The maximum Gasteiger partial charge on any atom is 0.254 e. The van der Waals surface area contributed by atoms with Crippen molar-refractivity contribution in [1.82, 2.24) is 4.90 Å². The van der Waals surface area contributed by atoms with Gasteiger partial charge in [0.2, 0.25) is 0 Å². The van der Waals surface area contributed by atoms with Crippen LogP contribution in [-0.4, -0.2) is 35.0 Å². The Morgan fingerprint density at radius 1 is 1.59 bits per heavy atom. The molecule has 2 rings (SSSR count). The lowest BCUT2D eigenvalue weighted by Crippen LogP contribution is -2.39. The molecule has 5 heteroatoms. The minimum atomic E-state index is -0.0374. The van der Waals surface area contributed by atoms with E-state index in [1.54, 1.807) is 12.1 Å². The molecule has 3 N–H and O–H groups in total. The summed E-state index contributed by atoms with van der Waals surface area (Å²) < 4.78 is 0.746. The first kappa shape index (κ1) is 12.6. The number of rotatable bonds is 2. The number of hydrogen-bond acceptors (Lipinski definition) is 3. The van der Waals surface area contributed by atoms with E-state index < -0.39 is 0 Å². The molecule has 1 aliphatic heterocycles. The minimum absolute atomic E-state index is 0.0374. The van der Waals surface area contributed by atoms with Gasteiger partial charge in [-0.2, -0.15) is 0 Å². The third kappa shape index (κ3) is 2.55. The molecule has 4 nitrogen and oxygen atoms in total. The van der Waals surface area contributed by atoms with Gasteiger partial charge >= 0.3 is 0 Å². The zero-order valence-electron chi connectivity index (χ0n) is 9.40. The Kier molecular flexibility index (Phi) is 3.88. The molecule has 0 aromatic heterocycles. The second kappa shape index (κ2) is 5.22.